The maximum absolute atomic E-state index is 5.51. The van der Waals surface area contributed by atoms with Crippen molar-refractivity contribution < 1.29 is 0 Å². The molecular formula is C14H20N6. The van der Waals surface area contributed by atoms with E-state index in [4.69, 9.17) is 5.84 Å². The van der Waals surface area contributed by atoms with Crippen molar-refractivity contribution in [3.63, 3.8) is 0 Å². The molecule has 20 heavy (non-hydrogen) atoms. The molecule has 0 aliphatic rings. The van der Waals surface area contributed by atoms with Gasteiger partial charge in [0, 0.05) is 30.9 Å². The minimum atomic E-state index is 0.664. The molecule has 0 fully saturated rings. The van der Waals surface area contributed by atoms with E-state index in [0.717, 1.165) is 35.6 Å². The standard InChI is InChI=1S/C14H20N6/c1-3-5-12-18-13(10(2)14(19-12)20-15)17-9-11-6-4-7-16-8-11/h4,6-8H,3,5,9,15H2,1-2H3,(H2,17,18,19,20). The van der Waals surface area contributed by atoms with E-state index in [2.05, 4.69) is 32.6 Å². The number of anilines is 2. The van der Waals surface area contributed by atoms with Crippen molar-refractivity contribution >= 4 is 11.6 Å². The Morgan fingerprint density at radius 3 is 2.70 bits per heavy atom. The van der Waals surface area contributed by atoms with Gasteiger partial charge in [0.25, 0.3) is 0 Å². The number of nitrogens with one attached hydrogen (secondary N) is 2. The number of nitrogens with two attached hydrogens (primary N) is 1. The van der Waals surface area contributed by atoms with Crippen molar-refractivity contribution in [3.05, 3.63) is 41.5 Å². The number of rotatable bonds is 6. The monoisotopic (exact) mass is 272 g/mol. The first-order chi connectivity index (χ1) is 9.74. The minimum Gasteiger partial charge on any atom is -0.366 e. The second kappa shape index (κ2) is 6.81. The summed E-state index contributed by atoms with van der Waals surface area (Å²) in [5.41, 5.74) is 4.64. The molecule has 6 nitrogen and oxygen atoms in total. The first kappa shape index (κ1) is 14.2. The highest BCUT2D eigenvalue weighted by molar-refractivity contribution is 5.56. The zero-order valence-electron chi connectivity index (χ0n) is 11.8. The Morgan fingerprint density at radius 1 is 1.25 bits per heavy atom. The lowest BCUT2D eigenvalue weighted by Gasteiger charge is -2.13. The van der Waals surface area contributed by atoms with Gasteiger partial charge >= 0.3 is 0 Å². The molecule has 2 aromatic heterocycles. The van der Waals surface area contributed by atoms with Crippen LogP contribution >= 0.6 is 0 Å². The fourth-order valence-corrected chi connectivity index (χ4v) is 1.90. The van der Waals surface area contributed by atoms with Crippen molar-refractivity contribution in [2.24, 2.45) is 5.84 Å². The summed E-state index contributed by atoms with van der Waals surface area (Å²) in [7, 11) is 0. The third-order valence-electron chi connectivity index (χ3n) is 2.99. The predicted octanol–water partition coefficient (Wildman–Crippen LogP) is 2.03. The van der Waals surface area contributed by atoms with Crippen LogP contribution in [0.3, 0.4) is 0 Å². The van der Waals surface area contributed by atoms with Gasteiger partial charge in [-0.05, 0) is 25.0 Å². The molecule has 0 radical (unpaired) electrons. The number of hydrogen-bond donors (Lipinski definition) is 3. The first-order valence-electron chi connectivity index (χ1n) is 6.71. The molecule has 4 N–H and O–H groups in total. The largest absolute Gasteiger partial charge is 0.366 e. The Morgan fingerprint density at radius 2 is 2.05 bits per heavy atom. The number of aromatic nitrogens is 3. The maximum atomic E-state index is 5.51. The molecule has 0 aliphatic heterocycles. The summed E-state index contributed by atoms with van der Waals surface area (Å²) in [6, 6.07) is 3.94. The molecule has 2 aromatic rings. The maximum Gasteiger partial charge on any atom is 0.148 e. The number of pyridine rings is 1. The second-order valence-electron chi connectivity index (χ2n) is 4.57. The third kappa shape index (κ3) is 3.42. The number of nitrogens with zero attached hydrogens (tertiary/aromatic N) is 3. The van der Waals surface area contributed by atoms with E-state index in [1.54, 1.807) is 6.20 Å². The Bertz CT molecular complexity index is 555. The highest BCUT2D eigenvalue weighted by atomic mass is 15.3. The molecule has 0 spiro atoms. The van der Waals surface area contributed by atoms with Crippen LogP contribution in [-0.4, -0.2) is 15.0 Å². The van der Waals surface area contributed by atoms with Crippen LogP contribution in [-0.2, 0) is 13.0 Å². The summed E-state index contributed by atoms with van der Waals surface area (Å²) in [5, 5.41) is 3.32. The van der Waals surface area contributed by atoms with E-state index >= 15 is 0 Å². The van der Waals surface area contributed by atoms with Crippen LogP contribution < -0.4 is 16.6 Å². The number of aryl methyl sites for hydroxylation is 1. The third-order valence-corrected chi connectivity index (χ3v) is 2.99. The topological polar surface area (TPSA) is 88.8 Å². The molecule has 0 saturated carbocycles. The van der Waals surface area contributed by atoms with Gasteiger partial charge < -0.3 is 10.7 Å². The minimum absolute atomic E-state index is 0.664. The highest BCUT2D eigenvalue weighted by Crippen LogP contribution is 2.20. The van der Waals surface area contributed by atoms with E-state index in [0.29, 0.717) is 12.4 Å². The molecule has 0 aromatic carbocycles. The molecule has 0 aliphatic carbocycles. The van der Waals surface area contributed by atoms with Crippen molar-refractivity contribution in [1.29, 1.82) is 0 Å². The van der Waals surface area contributed by atoms with Gasteiger partial charge in [0.2, 0.25) is 0 Å². The van der Waals surface area contributed by atoms with Gasteiger partial charge in [-0.25, -0.2) is 15.8 Å². The van der Waals surface area contributed by atoms with Crippen LogP contribution in [0.15, 0.2) is 24.5 Å². The quantitative estimate of drug-likeness (QED) is 0.551. The summed E-state index contributed by atoms with van der Waals surface area (Å²) in [4.78, 5) is 13.0. The molecule has 2 rings (SSSR count). The molecule has 0 atom stereocenters. The summed E-state index contributed by atoms with van der Waals surface area (Å²) in [6.07, 6.45) is 5.42. The normalized spacial score (nSPS) is 10.3. The predicted molar refractivity (Wildman–Crippen MR) is 80.1 cm³/mol. The summed E-state index contributed by atoms with van der Waals surface area (Å²) in [6.45, 7) is 4.71. The fraction of sp³-hybridized carbons (Fsp3) is 0.357. The summed E-state index contributed by atoms with van der Waals surface area (Å²) in [5.74, 6) is 7.78. The van der Waals surface area contributed by atoms with Gasteiger partial charge in [-0.3, -0.25) is 4.98 Å². The lowest BCUT2D eigenvalue weighted by molar-refractivity contribution is 0.830. The second-order valence-corrected chi connectivity index (χ2v) is 4.57. The van der Waals surface area contributed by atoms with Crippen molar-refractivity contribution in [2.45, 2.75) is 33.2 Å². The van der Waals surface area contributed by atoms with Crippen LogP contribution in [0.4, 0.5) is 11.6 Å². The van der Waals surface area contributed by atoms with Crippen molar-refractivity contribution in [1.82, 2.24) is 15.0 Å². The fourth-order valence-electron chi connectivity index (χ4n) is 1.90. The van der Waals surface area contributed by atoms with Crippen LogP contribution in [0.1, 0.15) is 30.3 Å². The van der Waals surface area contributed by atoms with E-state index < -0.39 is 0 Å². The van der Waals surface area contributed by atoms with E-state index in [9.17, 15) is 0 Å². The van der Waals surface area contributed by atoms with Crippen LogP contribution in [0.25, 0.3) is 0 Å². The smallest absolute Gasteiger partial charge is 0.148 e. The first-order valence-corrected chi connectivity index (χ1v) is 6.71. The van der Waals surface area contributed by atoms with E-state index in [-0.39, 0.29) is 0 Å². The molecule has 0 amide bonds. The van der Waals surface area contributed by atoms with Crippen LogP contribution in [0.5, 0.6) is 0 Å². The van der Waals surface area contributed by atoms with Crippen molar-refractivity contribution in [2.75, 3.05) is 10.7 Å². The number of hydrazine groups is 1. The van der Waals surface area contributed by atoms with E-state index in [1.165, 1.54) is 0 Å². The van der Waals surface area contributed by atoms with Gasteiger partial charge in [0.1, 0.15) is 17.5 Å². The average molecular weight is 272 g/mol. The molecule has 106 valence electrons. The van der Waals surface area contributed by atoms with Crippen LogP contribution in [0.2, 0.25) is 0 Å². The molecular weight excluding hydrogens is 252 g/mol. The van der Waals surface area contributed by atoms with Gasteiger partial charge in [0.05, 0.1) is 0 Å². The number of hydrogen-bond acceptors (Lipinski definition) is 6. The Hall–Kier alpha value is -2.21. The molecule has 0 saturated heterocycles. The Kier molecular flexibility index (Phi) is 4.84. The molecule has 0 bridgehead atoms. The number of nitrogen functional groups attached to an aromatic ring is 1. The SMILES string of the molecule is CCCc1nc(NN)c(C)c(NCc2cccnc2)n1. The molecule has 2 heterocycles. The highest BCUT2D eigenvalue weighted by Gasteiger charge is 2.09. The van der Waals surface area contributed by atoms with Crippen molar-refractivity contribution in [3.8, 4) is 0 Å². The Labute approximate surface area is 118 Å². The summed E-state index contributed by atoms with van der Waals surface area (Å²) < 4.78 is 0. The lowest BCUT2D eigenvalue weighted by atomic mass is 10.2. The average Bonchev–Trinajstić information content (AvgIpc) is 2.48. The lowest BCUT2D eigenvalue weighted by Crippen LogP contribution is -2.15. The van der Waals surface area contributed by atoms with Gasteiger partial charge in [-0.1, -0.05) is 13.0 Å². The van der Waals surface area contributed by atoms with Crippen LogP contribution in [0, 0.1) is 6.92 Å². The summed E-state index contributed by atoms with van der Waals surface area (Å²) >= 11 is 0. The molecule has 6 heteroatoms. The zero-order valence-corrected chi connectivity index (χ0v) is 11.8. The van der Waals surface area contributed by atoms with E-state index in [1.807, 2.05) is 25.3 Å². The van der Waals surface area contributed by atoms with Gasteiger partial charge in [0.15, 0.2) is 0 Å². The zero-order chi connectivity index (χ0) is 14.4. The molecule has 0 unspecified atom stereocenters. The Balaban J connectivity index is 2.19. The van der Waals surface area contributed by atoms with Gasteiger partial charge in [-0.15, -0.1) is 0 Å². The van der Waals surface area contributed by atoms with Gasteiger partial charge in [-0.2, -0.15) is 0 Å².